The molecule has 0 fully saturated rings. The van der Waals surface area contributed by atoms with Gasteiger partial charge in [0.1, 0.15) is 11.4 Å². The molecule has 0 aliphatic carbocycles. The summed E-state index contributed by atoms with van der Waals surface area (Å²) in [6.07, 6.45) is 4.55. The molecule has 26 heavy (non-hydrogen) atoms. The van der Waals surface area contributed by atoms with Crippen LogP contribution in [-0.4, -0.2) is 42.7 Å². The number of ether oxygens (including phenoxy) is 2. The molecule has 2 aromatic rings. The highest BCUT2D eigenvalue weighted by Gasteiger charge is 2.19. The van der Waals surface area contributed by atoms with Gasteiger partial charge in [0.05, 0.1) is 13.7 Å². The van der Waals surface area contributed by atoms with Crippen LogP contribution in [0.2, 0.25) is 0 Å². The largest absolute Gasteiger partial charge is 0.497 e. The molecule has 1 aliphatic rings. The summed E-state index contributed by atoms with van der Waals surface area (Å²) in [6.45, 7) is 3.61. The van der Waals surface area contributed by atoms with Gasteiger partial charge >= 0.3 is 6.03 Å². The third-order valence-electron chi connectivity index (χ3n) is 4.25. The highest BCUT2D eigenvalue weighted by molar-refractivity contribution is 5.91. The van der Waals surface area contributed by atoms with E-state index in [2.05, 4.69) is 16.4 Å². The Morgan fingerprint density at radius 2 is 2.08 bits per heavy atom. The van der Waals surface area contributed by atoms with Gasteiger partial charge in [-0.05, 0) is 48.7 Å². The van der Waals surface area contributed by atoms with E-state index in [4.69, 9.17) is 9.47 Å². The Morgan fingerprint density at radius 3 is 2.73 bits per heavy atom. The molecule has 0 unspecified atom stereocenters. The van der Waals surface area contributed by atoms with Gasteiger partial charge in [-0.2, -0.15) is 0 Å². The number of carbonyl (C=O) groups is 1. The van der Waals surface area contributed by atoms with Gasteiger partial charge in [0, 0.05) is 19.3 Å². The van der Waals surface area contributed by atoms with Gasteiger partial charge in [-0.1, -0.05) is 18.2 Å². The van der Waals surface area contributed by atoms with Crippen molar-refractivity contribution < 1.29 is 14.3 Å². The number of anilines is 1. The summed E-state index contributed by atoms with van der Waals surface area (Å²) < 4.78 is 10.6. The van der Waals surface area contributed by atoms with E-state index in [-0.39, 0.29) is 6.03 Å². The van der Waals surface area contributed by atoms with Gasteiger partial charge in [-0.15, -0.1) is 0 Å². The number of amides is 2. The van der Waals surface area contributed by atoms with Crippen molar-refractivity contribution in [1.29, 1.82) is 0 Å². The molecule has 0 saturated heterocycles. The summed E-state index contributed by atoms with van der Waals surface area (Å²) in [5, 5.41) is 2.89. The lowest BCUT2D eigenvalue weighted by atomic mass is 9.99. The van der Waals surface area contributed by atoms with E-state index in [0.29, 0.717) is 31.3 Å². The Labute approximate surface area is 153 Å². The second kappa shape index (κ2) is 8.38. The number of hydrogen-bond acceptors (Lipinski definition) is 4. The number of benzene rings is 1. The van der Waals surface area contributed by atoms with Crippen LogP contribution in [0, 0.1) is 0 Å². The number of rotatable bonds is 5. The minimum atomic E-state index is -0.149. The summed E-state index contributed by atoms with van der Waals surface area (Å²) in [5.74, 6) is 1.28. The second-order valence-electron chi connectivity index (χ2n) is 5.87. The fourth-order valence-corrected chi connectivity index (χ4v) is 2.85. The first-order valence-corrected chi connectivity index (χ1v) is 8.68. The SMILES string of the molecule is CCOc1ncccc1NC(=O)N1CC=C(c2ccc(OC)cc2)CC1. The van der Waals surface area contributed by atoms with Crippen molar-refractivity contribution in [2.24, 2.45) is 0 Å². The van der Waals surface area contributed by atoms with Gasteiger partial charge in [-0.25, -0.2) is 9.78 Å². The molecule has 6 nitrogen and oxygen atoms in total. The molecule has 1 N–H and O–H groups in total. The van der Waals surface area contributed by atoms with Gasteiger partial charge in [0.2, 0.25) is 5.88 Å². The topological polar surface area (TPSA) is 63.7 Å². The minimum Gasteiger partial charge on any atom is -0.497 e. The zero-order chi connectivity index (χ0) is 18.4. The Bertz CT molecular complexity index is 787. The first-order chi connectivity index (χ1) is 12.7. The number of aromatic nitrogens is 1. The number of methoxy groups -OCH3 is 1. The van der Waals surface area contributed by atoms with Gasteiger partial charge < -0.3 is 19.7 Å². The van der Waals surface area contributed by atoms with Crippen molar-refractivity contribution >= 4 is 17.3 Å². The molecule has 0 atom stereocenters. The summed E-state index contributed by atoms with van der Waals surface area (Å²) in [7, 11) is 1.66. The molecule has 3 rings (SSSR count). The molecule has 2 amide bonds. The molecule has 0 spiro atoms. The van der Waals surface area contributed by atoms with Crippen molar-refractivity contribution in [3.63, 3.8) is 0 Å². The maximum absolute atomic E-state index is 12.5. The van der Waals surface area contributed by atoms with E-state index in [0.717, 1.165) is 17.7 Å². The van der Waals surface area contributed by atoms with E-state index < -0.39 is 0 Å². The Balaban J connectivity index is 1.63. The summed E-state index contributed by atoms with van der Waals surface area (Å²) in [5.41, 5.74) is 2.99. The van der Waals surface area contributed by atoms with Crippen LogP contribution in [0.4, 0.5) is 10.5 Å². The molecule has 0 bridgehead atoms. The van der Waals surface area contributed by atoms with E-state index in [1.165, 1.54) is 5.57 Å². The van der Waals surface area contributed by atoms with Crippen LogP contribution < -0.4 is 14.8 Å². The predicted molar refractivity (Wildman–Crippen MR) is 102 cm³/mol. The van der Waals surface area contributed by atoms with Crippen LogP contribution in [-0.2, 0) is 0 Å². The average Bonchev–Trinajstić information content (AvgIpc) is 2.70. The number of carbonyl (C=O) groups excluding carboxylic acids is 1. The lowest BCUT2D eigenvalue weighted by molar-refractivity contribution is 0.216. The van der Waals surface area contributed by atoms with E-state index >= 15 is 0 Å². The number of pyridine rings is 1. The third-order valence-corrected chi connectivity index (χ3v) is 4.25. The lowest BCUT2D eigenvalue weighted by Gasteiger charge is -2.27. The molecule has 136 valence electrons. The molecule has 0 radical (unpaired) electrons. The fourth-order valence-electron chi connectivity index (χ4n) is 2.85. The zero-order valence-electron chi connectivity index (χ0n) is 15.1. The zero-order valence-corrected chi connectivity index (χ0v) is 15.1. The van der Waals surface area contributed by atoms with Crippen LogP contribution in [0.5, 0.6) is 11.6 Å². The Kier molecular flexibility index (Phi) is 5.73. The number of hydrogen-bond donors (Lipinski definition) is 1. The van der Waals surface area contributed by atoms with Crippen LogP contribution in [0.15, 0.2) is 48.7 Å². The highest BCUT2D eigenvalue weighted by atomic mass is 16.5. The van der Waals surface area contributed by atoms with Crippen molar-refractivity contribution in [2.75, 3.05) is 32.1 Å². The fraction of sp³-hybridized carbons (Fsp3) is 0.300. The number of nitrogens with zero attached hydrogens (tertiary/aromatic N) is 2. The molecular formula is C20H23N3O3. The van der Waals surface area contributed by atoms with E-state index in [1.54, 1.807) is 30.3 Å². The summed E-state index contributed by atoms with van der Waals surface area (Å²) in [4.78, 5) is 18.5. The first-order valence-electron chi connectivity index (χ1n) is 8.68. The molecule has 2 heterocycles. The maximum atomic E-state index is 12.5. The number of nitrogens with one attached hydrogen (secondary N) is 1. The van der Waals surface area contributed by atoms with Crippen molar-refractivity contribution in [1.82, 2.24) is 9.88 Å². The normalized spacial score (nSPS) is 13.8. The van der Waals surface area contributed by atoms with Crippen molar-refractivity contribution in [3.8, 4) is 11.6 Å². The molecule has 6 heteroatoms. The smallest absolute Gasteiger partial charge is 0.322 e. The standard InChI is InChI=1S/C20H23N3O3/c1-3-26-19-18(5-4-12-21-19)22-20(24)23-13-10-16(11-14-23)15-6-8-17(25-2)9-7-15/h4-10,12H,3,11,13-14H2,1-2H3,(H,22,24). The molecule has 1 aromatic heterocycles. The summed E-state index contributed by atoms with van der Waals surface area (Å²) >= 11 is 0. The molecule has 1 aromatic carbocycles. The van der Waals surface area contributed by atoms with Crippen molar-refractivity contribution in [2.45, 2.75) is 13.3 Å². The Hall–Kier alpha value is -3.02. The lowest BCUT2D eigenvalue weighted by Crippen LogP contribution is -2.38. The minimum absolute atomic E-state index is 0.149. The van der Waals surface area contributed by atoms with E-state index in [1.807, 2.05) is 31.2 Å². The average molecular weight is 353 g/mol. The highest BCUT2D eigenvalue weighted by Crippen LogP contribution is 2.25. The maximum Gasteiger partial charge on any atom is 0.322 e. The molecular weight excluding hydrogens is 330 g/mol. The second-order valence-corrected chi connectivity index (χ2v) is 5.87. The molecule has 0 saturated carbocycles. The van der Waals surface area contributed by atoms with Crippen LogP contribution in [0.1, 0.15) is 18.9 Å². The predicted octanol–water partition coefficient (Wildman–Crippen LogP) is 3.81. The third kappa shape index (κ3) is 4.14. The van der Waals surface area contributed by atoms with Crippen LogP contribution in [0.25, 0.3) is 5.57 Å². The Morgan fingerprint density at radius 1 is 1.27 bits per heavy atom. The van der Waals surface area contributed by atoms with Crippen LogP contribution >= 0.6 is 0 Å². The monoisotopic (exact) mass is 353 g/mol. The quantitative estimate of drug-likeness (QED) is 0.888. The molecule has 1 aliphatic heterocycles. The van der Waals surface area contributed by atoms with E-state index in [9.17, 15) is 4.79 Å². The first kappa shape index (κ1) is 17.8. The summed E-state index contributed by atoms with van der Waals surface area (Å²) in [6, 6.07) is 11.4. The van der Waals surface area contributed by atoms with Crippen LogP contribution in [0.3, 0.4) is 0 Å². The van der Waals surface area contributed by atoms with Gasteiger partial charge in [0.25, 0.3) is 0 Å². The van der Waals surface area contributed by atoms with Gasteiger partial charge in [-0.3, -0.25) is 0 Å². The van der Waals surface area contributed by atoms with Crippen molar-refractivity contribution in [3.05, 3.63) is 54.2 Å². The van der Waals surface area contributed by atoms with Gasteiger partial charge in [0.15, 0.2) is 0 Å². The number of urea groups is 1.